The van der Waals surface area contributed by atoms with Gasteiger partial charge in [0.2, 0.25) is 0 Å². The van der Waals surface area contributed by atoms with Crippen molar-refractivity contribution in [3.05, 3.63) is 230 Å². The van der Waals surface area contributed by atoms with Crippen molar-refractivity contribution in [3.63, 3.8) is 0 Å². The van der Waals surface area contributed by atoms with Crippen LogP contribution in [0.15, 0.2) is 218 Å². The van der Waals surface area contributed by atoms with Gasteiger partial charge in [0, 0.05) is 47.2 Å². The van der Waals surface area contributed by atoms with Crippen LogP contribution in [0.25, 0.3) is 97.4 Å². The SMILES string of the molecule is CCCCCCC1(CCCCCC)c2cc(-c3c(-c4ccccc4)sc(-c4ccccc4)c3-c3ccccc3)ccc2-c2ccc(-c3c(-c4ccccc4)sc(-c4ccccc4)c3-c3ccccc3)cc21. The predicted octanol–water partition coefficient (Wildman–Crippen LogP) is 21.4. The summed E-state index contributed by atoms with van der Waals surface area (Å²) in [6.45, 7) is 4.69. The van der Waals surface area contributed by atoms with E-state index in [9.17, 15) is 0 Å². The molecule has 2 aromatic heterocycles. The average molecular weight is 955 g/mol. The molecule has 1 aliphatic rings. The standard InChI is InChI=1S/C69H62S2/c1-3-5-7-27-45-69(46-28-8-6-4-2)59-47-55(63-61(49-29-15-9-16-30-49)65(51-33-19-11-20-34-51)70-67(63)53-37-23-13-24-38-53)41-43-57(59)58-44-42-56(48-60(58)69)64-62(50-31-17-10-18-32-50)66(52-35-21-12-22-36-52)71-68(64)54-39-25-14-26-40-54/h9-26,29-44,47-48H,3-8,27-28,45-46H2,1-2H3. The Morgan fingerprint density at radius 1 is 0.282 bits per heavy atom. The molecule has 0 fully saturated rings. The summed E-state index contributed by atoms with van der Waals surface area (Å²) in [5, 5.41) is 0. The first kappa shape index (κ1) is 46.5. The zero-order valence-electron chi connectivity index (χ0n) is 41.2. The van der Waals surface area contributed by atoms with Crippen LogP contribution in [0.3, 0.4) is 0 Å². The molecule has 11 rings (SSSR count). The molecule has 0 unspecified atom stereocenters. The number of thiophene rings is 2. The summed E-state index contributed by atoms with van der Waals surface area (Å²) in [7, 11) is 0. The quantitative estimate of drug-likeness (QED) is 0.0752. The molecule has 1 aliphatic carbocycles. The summed E-state index contributed by atoms with van der Waals surface area (Å²) >= 11 is 3.88. The highest BCUT2D eigenvalue weighted by Gasteiger charge is 2.43. The summed E-state index contributed by atoms with van der Waals surface area (Å²) in [6.07, 6.45) is 12.2. The topological polar surface area (TPSA) is 0 Å². The van der Waals surface area contributed by atoms with Gasteiger partial charge < -0.3 is 0 Å². The Hall–Kier alpha value is -6.84. The van der Waals surface area contributed by atoms with E-state index in [4.69, 9.17) is 0 Å². The van der Waals surface area contributed by atoms with Gasteiger partial charge in [0.05, 0.1) is 0 Å². The zero-order valence-corrected chi connectivity index (χ0v) is 42.8. The molecule has 0 nitrogen and oxygen atoms in total. The normalized spacial score (nSPS) is 12.5. The minimum Gasteiger partial charge on any atom is -0.134 e. The summed E-state index contributed by atoms with van der Waals surface area (Å²) in [4.78, 5) is 5.29. The molecule has 8 aromatic carbocycles. The maximum absolute atomic E-state index is 2.67. The number of benzene rings is 8. The van der Waals surface area contributed by atoms with Crippen LogP contribution in [0.5, 0.6) is 0 Å². The summed E-state index contributed by atoms with van der Waals surface area (Å²) in [5.74, 6) is 0. The van der Waals surface area contributed by atoms with E-state index >= 15 is 0 Å². The second-order valence-corrected chi connectivity index (χ2v) is 21.5. The van der Waals surface area contributed by atoms with E-state index in [0.29, 0.717) is 0 Å². The lowest BCUT2D eigenvalue weighted by Gasteiger charge is -2.33. The number of hydrogen-bond donors (Lipinski definition) is 0. The van der Waals surface area contributed by atoms with Crippen LogP contribution < -0.4 is 0 Å². The fourth-order valence-corrected chi connectivity index (χ4v) is 14.2. The fourth-order valence-electron chi connectivity index (χ4n) is 11.5. The molecular formula is C69H62S2. The van der Waals surface area contributed by atoms with Gasteiger partial charge in [0.15, 0.2) is 0 Å². The van der Waals surface area contributed by atoms with Crippen molar-refractivity contribution >= 4 is 22.7 Å². The minimum atomic E-state index is -0.144. The number of fused-ring (bicyclic) bond motifs is 3. The Labute approximate surface area is 430 Å². The van der Waals surface area contributed by atoms with E-state index in [-0.39, 0.29) is 5.41 Å². The lowest BCUT2D eigenvalue weighted by Crippen LogP contribution is -2.25. The van der Waals surface area contributed by atoms with E-state index in [1.54, 1.807) is 0 Å². The lowest BCUT2D eigenvalue weighted by molar-refractivity contribution is 0.401. The van der Waals surface area contributed by atoms with Crippen LogP contribution in [0.4, 0.5) is 0 Å². The molecule has 2 heterocycles. The predicted molar refractivity (Wildman–Crippen MR) is 309 cm³/mol. The highest BCUT2D eigenvalue weighted by molar-refractivity contribution is 7.20. The van der Waals surface area contributed by atoms with Gasteiger partial charge in [-0.05, 0) is 91.7 Å². The molecular weight excluding hydrogens is 893 g/mol. The molecule has 71 heavy (non-hydrogen) atoms. The number of hydrogen-bond acceptors (Lipinski definition) is 2. The molecule has 0 N–H and O–H groups in total. The van der Waals surface area contributed by atoms with Crippen molar-refractivity contribution < 1.29 is 0 Å². The Kier molecular flexibility index (Phi) is 13.9. The third kappa shape index (κ3) is 9.10. The average Bonchev–Trinajstić information content (AvgIpc) is 4.12. The Bertz CT molecular complexity index is 3120. The van der Waals surface area contributed by atoms with Gasteiger partial charge in [-0.15, -0.1) is 22.7 Å². The fraction of sp³-hybridized carbons (Fsp3) is 0.188. The number of rotatable bonds is 18. The minimum absolute atomic E-state index is 0.144. The Morgan fingerprint density at radius 2 is 0.563 bits per heavy atom. The molecule has 0 radical (unpaired) electrons. The second-order valence-electron chi connectivity index (χ2n) is 19.4. The monoisotopic (exact) mass is 954 g/mol. The lowest BCUT2D eigenvalue weighted by atomic mass is 9.69. The Balaban J connectivity index is 1.17. The van der Waals surface area contributed by atoms with E-state index in [2.05, 4.69) is 232 Å². The molecule has 0 saturated heterocycles. The highest BCUT2D eigenvalue weighted by Crippen LogP contribution is 2.60. The van der Waals surface area contributed by atoms with Gasteiger partial charge in [0.25, 0.3) is 0 Å². The maximum Gasteiger partial charge on any atom is 0.0434 e. The van der Waals surface area contributed by atoms with Crippen molar-refractivity contribution in [2.45, 2.75) is 83.5 Å². The van der Waals surface area contributed by atoms with Crippen LogP contribution in [-0.2, 0) is 5.41 Å². The first-order chi connectivity index (χ1) is 35.2. The first-order valence-corrected chi connectivity index (χ1v) is 27.8. The van der Waals surface area contributed by atoms with E-state index in [1.807, 2.05) is 22.7 Å². The van der Waals surface area contributed by atoms with Gasteiger partial charge in [-0.2, -0.15) is 0 Å². The summed E-state index contributed by atoms with van der Waals surface area (Å²) in [6, 6.07) is 82.0. The zero-order chi connectivity index (χ0) is 48.0. The largest absolute Gasteiger partial charge is 0.134 e. The molecule has 0 saturated carbocycles. The van der Waals surface area contributed by atoms with Gasteiger partial charge >= 0.3 is 0 Å². The molecule has 0 atom stereocenters. The highest BCUT2D eigenvalue weighted by atomic mass is 32.1. The second kappa shape index (κ2) is 21.3. The van der Waals surface area contributed by atoms with E-state index < -0.39 is 0 Å². The maximum atomic E-state index is 2.67. The van der Waals surface area contributed by atoms with Crippen LogP contribution in [0, 0.1) is 0 Å². The molecule has 0 amide bonds. The molecule has 0 aliphatic heterocycles. The van der Waals surface area contributed by atoms with Crippen LogP contribution >= 0.6 is 22.7 Å². The summed E-state index contributed by atoms with van der Waals surface area (Å²) < 4.78 is 0. The third-order valence-corrected chi connectivity index (χ3v) is 17.5. The van der Waals surface area contributed by atoms with Gasteiger partial charge in [0.1, 0.15) is 0 Å². The van der Waals surface area contributed by atoms with Crippen molar-refractivity contribution in [1.82, 2.24) is 0 Å². The molecule has 10 aromatic rings. The Morgan fingerprint density at radius 3 is 0.859 bits per heavy atom. The smallest absolute Gasteiger partial charge is 0.0434 e. The molecule has 0 spiro atoms. The van der Waals surface area contributed by atoms with Gasteiger partial charge in [-0.25, -0.2) is 0 Å². The van der Waals surface area contributed by atoms with Crippen LogP contribution in [0.2, 0.25) is 0 Å². The third-order valence-electron chi connectivity index (χ3n) is 14.9. The molecule has 0 bridgehead atoms. The van der Waals surface area contributed by atoms with Crippen molar-refractivity contribution in [2.24, 2.45) is 0 Å². The van der Waals surface area contributed by atoms with Crippen molar-refractivity contribution in [1.29, 1.82) is 0 Å². The van der Waals surface area contributed by atoms with Gasteiger partial charge in [-0.3, -0.25) is 0 Å². The first-order valence-electron chi connectivity index (χ1n) is 26.1. The van der Waals surface area contributed by atoms with E-state index in [1.165, 1.54) is 160 Å². The van der Waals surface area contributed by atoms with Gasteiger partial charge in [-0.1, -0.05) is 271 Å². The summed E-state index contributed by atoms with van der Waals surface area (Å²) in [5.41, 5.74) is 21.2. The van der Waals surface area contributed by atoms with Crippen LogP contribution in [-0.4, -0.2) is 0 Å². The molecule has 350 valence electrons. The van der Waals surface area contributed by atoms with Crippen molar-refractivity contribution in [3.8, 4) is 97.4 Å². The molecule has 2 heteroatoms. The van der Waals surface area contributed by atoms with E-state index in [0.717, 1.165) is 12.8 Å². The van der Waals surface area contributed by atoms with Crippen molar-refractivity contribution in [2.75, 3.05) is 0 Å². The number of unbranched alkanes of at least 4 members (excludes halogenated alkanes) is 6. The van der Waals surface area contributed by atoms with Crippen LogP contribution in [0.1, 0.15) is 89.2 Å².